The van der Waals surface area contributed by atoms with Crippen LogP contribution in [0, 0.1) is 0 Å². The Balaban J connectivity index is 2.99. The number of carbonyl (C=O) groups is 1. The van der Waals surface area contributed by atoms with Crippen molar-refractivity contribution < 1.29 is 19.0 Å². The Morgan fingerprint density at radius 3 is 2.05 bits per heavy atom. The van der Waals surface area contributed by atoms with Crippen LogP contribution in [0.25, 0.3) is 0 Å². The number of amides is 1. The van der Waals surface area contributed by atoms with Crippen LogP contribution in [-0.2, 0) is 0 Å². The second-order valence-corrected chi connectivity index (χ2v) is 5.00. The van der Waals surface area contributed by atoms with Gasteiger partial charge >= 0.3 is 0 Å². The first-order valence-electron chi connectivity index (χ1n) is 6.79. The van der Waals surface area contributed by atoms with Crippen molar-refractivity contribution in [1.29, 1.82) is 0 Å². The van der Waals surface area contributed by atoms with Crippen LogP contribution in [0.15, 0.2) is 12.1 Å². The van der Waals surface area contributed by atoms with E-state index in [1.165, 1.54) is 21.3 Å². The van der Waals surface area contributed by atoms with Crippen LogP contribution in [0.5, 0.6) is 17.2 Å². The lowest BCUT2D eigenvalue weighted by atomic mass is 10.1. The van der Waals surface area contributed by atoms with Gasteiger partial charge in [0.2, 0.25) is 5.75 Å². The molecule has 6 nitrogen and oxygen atoms in total. The number of nitrogens with one attached hydrogen (secondary N) is 1. The van der Waals surface area contributed by atoms with Crippen molar-refractivity contribution in [1.82, 2.24) is 5.32 Å². The van der Waals surface area contributed by atoms with Crippen LogP contribution >= 0.6 is 0 Å². The molecule has 0 aliphatic rings. The average Bonchev–Trinajstić information content (AvgIpc) is 2.44. The number of hydrogen-bond acceptors (Lipinski definition) is 5. The Morgan fingerprint density at radius 2 is 1.67 bits per heavy atom. The second-order valence-electron chi connectivity index (χ2n) is 5.00. The van der Waals surface area contributed by atoms with E-state index in [0.717, 1.165) is 0 Å². The van der Waals surface area contributed by atoms with Crippen LogP contribution in [-0.4, -0.2) is 39.3 Å². The van der Waals surface area contributed by atoms with Crippen LogP contribution < -0.4 is 25.3 Å². The van der Waals surface area contributed by atoms with Crippen molar-refractivity contribution >= 4 is 5.91 Å². The highest BCUT2D eigenvalue weighted by atomic mass is 16.5. The maximum Gasteiger partial charge on any atom is 0.251 e. The summed E-state index contributed by atoms with van der Waals surface area (Å²) in [7, 11) is 4.54. The summed E-state index contributed by atoms with van der Waals surface area (Å²) in [5, 5.41) is 2.90. The first-order valence-corrected chi connectivity index (χ1v) is 6.79. The van der Waals surface area contributed by atoms with Crippen molar-refractivity contribution in [3.8, 4) is 17.2 Å². The zero-order valence-corrected chi connectivity index (χ0v) is 13.2. The van der Waals surface area contributed by atoms with Gasteiger partial charge in [0.25, 0.3) is 5.91 Å². The van der Waals surface area contributed by atoms with E-state index < -0.39 is 0 Å². The van der Waals surface area contributed by atoms with Gasteiger partial charge in [0, 0.05) is 17.6 Å². The quantitative estimate of drug-likeness (QED) is 0.798. The maximum atomic E-state index is 12.3. The van der Waals surface area contributed by atoms with Gasteiger partial charge in [-0.05, 0) is 32.4 Å². The molecule has 1 aromatic rings. The fourth-order valence-corrected chi connectivity index (χ4v) is 2.14. The summed E-state index contributed by atoms with van der Waals surface area (Å²) in [6.45, 7) is 3.82. The Hall–Kier alpha value is -1.95. The van der Waals surface area contributed by atoms with Gasteiger partial charge in [-0.15, -0.1) is 0 Å². The number of rotatable bonds is 7. The Labute approximate surface area is 125 Å². The Bertz CT molecular complexity index is 464. The van der Waals surface area contributed by atoms with Crippen LogP contribution in [0.3, 0.4) is 0 Å². The Morgan fingerprint density at radius 1 is 1.14 bits per heavy atom. The predicted octanol–water partition coefficient (Wildman–Crippen LogP) is 1.57. The summed E-state index contributed by atoms with van der Waals surface area (Å²) in [4.78, 5) is 12.3. The van der Waals surface area contributed by atoms with E-state index >= 15 is 0 Å². The fourth-order valence-electron chi connectivity index (χ4n) is 2.14. The average molecular weight is 296 g/mol. The molecule has 2 atom stereocenters. The minimum absolute atomic E-state index is 0.0170. The highest BCUT2D eigenvalue weighted by Gasteiger charge is 2.18. The van der Waals surface area contributed by atoms with Crippen LogP contribution in [0.1, 0.15) is 30.6 Å². The molecule has 0 bridgehead atoms. The lowest BCUT2D eigenvalue weighted by Crippen LogP contribution is -2.36. The van der Waals surface area contributed by atoms with Crippen molar-refractivity contribution in [2.75, 3.05) is 21.3 Å². The molecule has 1 amide bonds. The second kappa shape index (κ2) is 7.73. The molecule has 0 fully saturated rings. The topological polar surface area (TPSA) is 82.8 Å². The molecule has 21 heavy (non-hydrogen) atoms. The molecule has 6 heteroatoms. The molecule has 0 spiro atoms. The highest BCUT2D eigenvalue weighted by Crippen LogP contribution is 2.38. The summed E-state index contributed by atoms with van der Waals surface area (Å²) in [5.74, 6) is 1.14. The van der Waals surface area contributed by atoms with Crippen LogP contribution in [0.2, 0.25) is 0 Å². The third-order valence-electron chi connectivity index (χ3n) is 3.03. The lowest BCUT2D eigenvalue weighted by Gasteiger charge is -2.17. The van der Waals surface area contributed by atoms with Crippen LogP contribution in [0.4, 0.5) is 0 Å². The number of ether oxygens (including phenoxy) is 3. The van der Waals surface area contributed by atoms with E-state index in [2.05, 4.69) is 5.32 Å². The molecule has 0 radical (unpaired) electrons. The van der Waals surface area contributed by atoms with E-state index in [-0.39, 0.29) is 18.0 Å². The smallest absolute Gasteiger partial charge is 0.251 e. The monoisotopic (exact) mass is 296 g/mol. The fraction of sp³-hybridized carbons (Fsp3) is 0.533. The van der Waals surface area contributed by atoms with Crippen molar-refractivity contribution in [2.45, 2.75) is 32.4 Å². The lowest BCUT2D eigenvalue weighted by molar-refractivity contribution is 0.0936. The van der Waals surface area contributed by atoms with E-state index in [1.807, 2.05) is 13.8 Å². The molecule has 118 valence electrons. The molecule has 2 unspecified atom stereocenters. The first kappa shape index (κ1) is 17.1. The van der Waals surface area contributed by atoms with E-state index in [0.29, 0.717) is 29.2 Å². The molecule has 0 heterocycles. The standard InChI is InChI=1S/C15H24N2O4/c1-9(16)6-10(2)17-15(18)11-7-12(19-3)14(21-5)13(8-11)20-4/h7-10H,6,16H2,1-5H3,(H,17,18). The van der Waals surface area contributed by atoms with Crippen molar-refractivity contribution in [3.63, 3.8) is 0 Å². The normalized spacial score (nSPS) is 13.2. The van der Waals surface area contributed by atoms with Gasteiger partial charge in [-0.3, -0.25) is 4.79 Å². The van der Waals surface area contributed by atoms with Gasteiger partial charge in [0.05, 0.1) is 21.3 Å². The number of carbonyl (C=O) groups excluding carboxylic acids is 1. The molecule has 0 aromatic heterocycles. The van der Waals surface area contributed by atoms with Gasteiger partial charge in [0.15, 0.2) is 11.5 Å². The van der Waals surface area contributed by atoms with Crippen molar-refractivity contribution in [2.24, 2.45) is 5.73 Å². The summed E-state index contributed by atoms with van der Waals surface area (Å²) in [5.41, 5.74) is 6.17. The Kier molecular flexibility index (Phi) is 6.30. The van der Waals surface area contributed by atoms with Gasteiger partial charge < -0.3 is 25.3 Å². The molecule has 1 rings (SSSR count). The molecule has 0 saturated heterocycles. The molecule has 0 saturated carbocycles. The van der Waals surface area contributed by atoms with Gasteiger partial charge in [-0.2, -0.15) is 0 Å². The van der Waals surface area contributed by atoms with Gasteiger partial charge in [-0.25, -0.2) is 0 Å². The molecule has 1 aromatic carbocycles. The first-order chi connectivity index (χ1) is 9.92. The zero-order valence-electron chi connectivity index (χ0n) is 13.2. The van der Waals surface area contributed by atoms with E-state index in [9.17, 15) is 4.79 Å². The summed E-state index contributed by atoms with van der Waals surface area (Å²) >= 11 is 0. The minimum Gasteiger partial charge on any atom is -0.493 e. The zero-order chi connectivity index (χ0) is 16.0. The van der Waals surface area contributed by atoms with Gasteiger partial charge in [-0.1, -0.05) is 0 Å². The summed E-state index contributed by atoms with van der Waals surface area (Å²) in [6.07, 6.45) is 0.705. The molecular weight excluding hydrogens is 272 g/mol. The molecular formula is C15H24N2O4. The predicted molar refractivity (Wildman–Crippen MR) is 81.3 cm³/mol. The third kappa shape index (κ3) is 4.53. The number of nitrogens with two attached hydrogens (primary N) is 1. The maximum absolute atomic E-state index is 12.3. The van der Waals surface area contributed by atoms with Gasteiger partial charge in [0.1, 0.15) is 0 Å². The molecule has 0 aliphatic carbocycles. The number of hydrogen-bond donors (Lipinski definition) is 2. The molecule has 0 aliphatic heterocycles. The summed E-state index contributed by atoms with van der Waals surface area (Å²) < 4.78 is 15.7. The number of methoxy groups -OCH3 is 3. The van der Waals surface area contributed by atoms with E-state index in [4.69, 9.17) is 19.9 Å². The SMILES string of the molecule is COc1cc(C(=O)NC(C)CC(C)N)cc(OC)c1OC. The number of benzene rings is 1. The van der Waals surface area contributed by atoms with E-state index in [1.54, 1.807) is 12.1 Å². The highest BCUT2D eigenvalue weighted by molar-refractivity contribution is 5.95. The molecule has 3 N–H and O–H groups in total. The third-order valence-corrected chi connectivity index (χ3v) is 3.03. The van der Waals surface area contributed by atoms with Crippen molar-refractivity contribution in [3.05, 3.63) is 17.7 Å². The summed E-state index contributed by atoms with van der Waals surface area (Å²) in [6, 6.07) is 3.25. The largest absolute Gasteiger partial charge is 0.493 e. The minimum atomic E-state index is -0.206.